The highest BCUT2D eigenvalue weighted by Crippen LogP contribution is 2.23. The van der Waals surface area contributed by atoms with Crippen molar-refractivity contribution in [1.82, 2.24) is 10.1 Å². The smallest absolute Gasteiger partial charge is 0.303 e. The van der Waals surface area contributed by atoms with Crippen LogP contribution in [0.5, 0.6) is 0 Å². The first-order valence-corrected chi connectivity index (χ1v) is 5.06. The molecule has 0 unspecified atom stereocenters. The Kier molecular flexibility index (Phi) is 3.31. The zero-order chi connectivity index (χ0) is 13.1. The highest BCUT2D eigenvalue weighted by atomic mass is 19.1. The van der Waals surface area contributed by atoms with Crippen molar-refractivity contribution < 1.29 is 23.2 Å². The molecule has 2 rings (SSSR count). The van der Waals surface area contributed by atoms with Gasteiger partial charge in [0, 0.05) is 6.42 Å². The lowest BCUT2D eigenvalue weighted by atomic mass is 10.2. The molecule has 0 saturated heterocycles. The van der Waals surface area contributed by atoms with E-state index < -0.39 is 17.6 Å². The third-order valence-corrected chi connectivity index (χ3v) is 2.21. The predicted octanol–water partition coefficient (Wildman–Crippen LogP) is 2.03. The summed E-state index contributed by atoms with van der Waals surface area (Å²) in [6.07, 6.45) is -0.181. The van der Waals surface area contributed by atoms with Gasteiger partial charge in [0.2, 0.25) is 11.7 Å². The molecule has 0 fully saturated rings. The Balaban J connectivity index is 2.27. The van der Waals surface area contributed by atoms with Gasteiger partial charge in [0.25, 0.3) is 0 Å². The first kappa shape index (κ1) is 12.2. The monoisotopic (exact) mass is 254 g/mol. The van der Waals surface area contributed by atoms with Gasteiger partial charge in [-0.1, -0.05) is 11.2 Å². The average Bonchev–Trinajstić information content (AvgIpc) is 2.75. The number of aromatic nitrogens is 2. The van der Waals surface area contributed by atoms with Crippen molar-refractivity contribution in [1.29, 1.82) is 0 Å². The van der Waals surface area contributed by atoms with Crippen LogP contribution in [0.2, 0.25) is 0 Å². The van der Waals surface area contributed by atoms with Crippen molar-refractivity contribution in [3.63, 3.8) is 0 Å². The van der Waals surface area contributed by atoms with Crippen molar-refractivity contribution in [2.45, 2.75) is 12.8 Å². The van der Waals surface area contributed by atoms with Crippen molar-refractivity contribution in [2.75, 3.05) is 0 Å². The van der Waals surface area contributed by atoms with Crippen LogP contribution in [-0.2, 0) is 11.2 Å². The zero-order valence-electron chi connectivity index (χ0n) is 9.06. The molecule has 1 N–H and O–H groups in total. The Hall–Kier alpha value is -2.31. The lowest BCUT2D eigenvalue weighted by molar-refractivity contribution is -0.137. The molecule has 2 aromatic rings. The van der Waals surface area contributed by atoms with Gasteiger partial charge in [0.15, 0.2) is 0 Å². The van der Waals surface area contributed by atoms with E-state index in [0.717, 1.165) is 12.1 Å². The molecule has 0 aliphatic rings. The molecule has 94 valence electrons. The summed E-state index contributed by atoms with van der Waals surface area (Å²) in [6, 6.07) is 3.37. The summed E-state index contributed by atoms with van der Waals surface area (Å²) in [5.74, 6) is -2.84. The molecule has 1 aromatic carbocycles. The molecule has 7 heteroatoms. The summed E-state index contributed by atoms with van der Waals surface area (Å²) in [6.45, 7) is 0. The van der Waals surface area contributed by atoms with Gasteiger partial charge in [0.1, 0.15) is 11.6 Å². The molecule has 0 saturated carbocycles. The van der Waals surface area contributed by atoms with Crippen molar-refractivity contribution in [3.8, 4) is 11.4 Å². The van der Waals surface area contributed by atoms with Crippen LogP contribution in [0.25, 0.3) is 11.4 Å². The van der Waals surface area contributed by atoms with Crippen molar-refractivity contribution in [2.24, 2.45) is 0 Å². The van der Waals surface area contributed by atoms with Gasteiger partial charge in [-0.25, -0.2) is 8.78 Å². The Morgan fingerprint density at radius 1 is 1.33 bits per heavy atom. The predicted molar refractivity (Wildman–Crippen MR) is 55.6 cm³/mol. The summed E-state index contributed by atoms with van der Waals surface area (Å²) in [5, 5.41) is 11.9. The Morgan fingerprint density at radius 2 is 2.00 bits per heavy atom. The van der Waals surface area contributed by atoms with E-state index >= 15 is 0 Å². The SMILES string of the molecule is O=C(O)CCc1nc(-c2c(F)cccc2F)no1. The molecule has 1 heterocycles. The van der Waals surface area contributed by atoms with E-state index in [4.69, 9.17) is 9.63 Å². The maximum atomic E-state index is 13.4. The molecule has 0 radical (unpaired) electrons. The Bertz CT molecular complexity index is 563. The molecular weight excluding hydrogens is 246 g/mol. The van der Waals surface area contributed by atoms with E-state index in [-0.39, 0.29) is 30.1 Å². The maximum Gasteiger partial charge on any atom is 0.303 e. The first-order valence-electron chi connectivity index (χ1n) is 5.06. The number of hydrogen-bond donors (Lipinski definition) is 1. The van der Waals surface area contributed by atoms with Crippen molar-refractivity contribution in [3.05, 3.63) is 35.7 Å². The number of carboxylic acids is 1. The molecule has 18 heavy (non-hydrogen) atoms. The van der Waals surface area contributed by atoms with E-state index in [0.29, 0.717) is 0 Å². The summed E-state index contributed by atoms with van der Waals surface area (Å²) >= 11 is 0. The van der Waals surface area contributed by atoms with Crippen LogP contribution < -0.4 is 0 Å². The molecule has 0 aliphatic heterocycles. The Labute approximate surface area is 100 Å². The van der Waals surface area contributed by atoms with Crippen LogP contribution in [0, 0.1) is 11.6 Å². The molecule has 0 bridgehead atoms. The second-order valence-electron chi connectivity index (χ2n) is 3.50. The van der Waals surface area contributed by atoms with Crippen LogP contribution in [0.15, 0.2) is 22.7 Å². The summed E-state index contributed by atoms with van der Waals surface area (Å²) in [5.41, 5.74) is -0.386. The largest absolute Gasteiger partial charge is 0.481 e. The fourth-order valence-corrected chi connectivity index (χ4v) is 1.38. The number of hydrogen-bond acceptors (Lipinski definition) is 4. The van der Waals surface area contributed by atoms with E-state index in [1.165, 1.54) is 6.07 Å². The van der Waals surface area contributed by atoms with Crippen LogP contribution in [0.3, 0.4) is 0 Å². The number of carbonyl (C=O) groups is 1. The van der Waals surface area contributed by atoms with Gasteiger partial charge in [-0.3, -0.25) is 4.79 Å². The summed E-state index contributed by atoms with van der Waals surface area (Å²) in [4.78, 5) is 14.1. The number of benzene rings is 1. The summed E-state index contributed by atoms with van der Waals surface area (Å²) < 4.78 is 31.5. The van der Waals surface area contributed by atoms with E-state index in [9.17, 15) is 13.6 Å². The first-order chi connectivity index (χ1) is 8.58. The molecule has 1 aromatic heterocycles. The lowest BCUT2D eigenvalue weighted by Gasteiger charge is -1.97. The molecule has 0 spiro atoms. The fourth-order valence-electron chi connectivity index (χ4n) is 1.38. The van der Waals surface area contributed by atoms with Gasteiger partial charge in [-0.15, -0.1) is 0 Å². The molecule has 5 nitrogen and oxygen atoms in total. The fraction of sp³-hybridized carbons (Fsp3) is 0.182. The van der Waals surface area contributed by atoms with Crippen LogP contribution in [0.1, 0.15) is 12.3 Å². The minimum atomic E-state index is -1.02. The third-order valence-electron chi connectivity index (χ3n) is 2.21. The van der Waals surface area contributed by atoms with Gasteiger partial charge in [-0.2, -0.15) is 4.98 Å². The second-order valence-corrected chi connectivity index (χ2v) is 3.50. The van der Waals surface area contributed by atoms with Gasteiger partial charge >= 0.3 is 5.97 Å². The minimum absolute atomic E-state index is 0.0123. The second kappa shape index (κ2) is 4.91. The zero-order valence-corrected chi connectivity index (χ0v) is 9.06. The number of halogens is 2. The van der Waals surface area contributed by atoms with Crippen molar-refractivity contribution >= 4 is 5.97 Å². The van der Waals surface area contributed by atoms with Crippen LogP contribution in [-0.4, -0.2) is 21.2 Å². The lowest BCUT2D eigenvalue weighted by Crippen LogP contribution is -1.97. The average molecular weight is 254 g/mol. The standard InChI is InChI=1S/C11H8F2N2O3/c12-6-2-1-3-7(13)10(6)11-14-8(18-15-11)4-5-9(16)17/h1-3H,4-5H2,(H,16,17). The molecule has 0 aliphatic carbocycles. The summed E-state index contributed by atoms with van der Waals surface area (Å²) in [7, 11) is 0. The Morgan fingerprint density at radius 3 is 2.61 bits per heavy atom. The van der Waals surface area contributed by atoms with E-state index in [1.807, 2.05) is 0 Å². The van der Waals surface area contributed by atoms with Crippen LogP contribution >= 0.6 is 0 Å². The van der Waals surface area contributed by atoms with Crippen LogP contribution in [0.4, 0.5) is 8.78 Å². The number of aliphatic carboxylic acids is 1. The minimum Gasteiger partial charge on any atom is -0.481 e. The molecule has 0 atom stereocenters. The topological polar surface area (TPSA) is 76.2 Å². The number of aryl methyl sites for hydroxylation is 1. The highest BCUT2D eigenvalue weighted by Gasteiger charge is 2.17. The number of nitrogens with zero attached hydrogens (tertiary/aromatic N) is 2. The number of carboxylic acid groups (broad SMARTS) is 1. The number of rotatable bonds is 4. The maximum absolute atomic E-state index is 13.4. The normalized spacial score (nSPS) is 10.6. The molecule has 0 amide bonds. The van der Waals surface area contributed by atoms with E-state index in [1.54, 1.807) is 0 Å². The quantitative estimate of drug-likeness (QED) is 0.903. The highest BCUT2D eigenvalue weighted by molar-refractivity contribution is 5.66. The van der Waals surface area contributed by atoms with E-state index in [2.05, 4.69) is 10.1 Å². The van der Waals surface area contributed by atoms with Gasteiger partial charge in [-0.05, 0) is 12.1 Å². The third kappa shape index (κ3) is 2.50. The van der Waals surface area contributed by atoms with Gasteiger partial charge in [0.05, 0.1) is 12.0 Å². The molecular formula is C11H8F2N2O3. The van der Waals surface area contributed by atoms with Gasteiger partial charge < -0.3 is 9.63 Å².